The molecule has 7 heteroatoms. The SMILES string of the molecule is Cc1cc(NC2(C)CN(C(=O)OC(C)(C)C)C2)c(N)c(N(Cc2ccccc2)Cc2ccccc2)n1. The molecule has 0 bridgehead atoms. The quantitative estimate of drug-likeness (QED) is 0.451. The Labute approximate surface area is 214 Å². The largest absolute Gasteiger partial charge is 0.444 e. The number of rotatable bonds is 7. The Hall–Kier alpha value is -3.74. The van der Waals surface area contributed by atoms with Crippen LogP contribution in [0, 0.1) is 6.92 Å². The number of amides is 1. The van der Waals surface area contributed by atoms with Crippen molar-refractivity contribution >= 4 is 23.3 Å². The number of nitrogens with one attached hydrogen (secondary N) is 1. The van der Waals surface area contributed by atoms with E-state index in [1.165, 1.54) is 11.1 Å². The van der Waals surface area contributed by atoms with Gasteiger partial charge in [0.25, 0.3) is 0 Å². The summed E-state index contributed by atoms with van der Waals surface area (Å²) in [5.74, 6) is 0.747. The number of nitrogens with zero attached hydrogens (tertiary/aromatic N) is 3. The van der Waals surface area contributed by atoms with Crippen LogP contribution in [-0.4, -0.2) is 40.2 Å². The Balaban J connectivity index is 1.57. The van der Waals surface area contributed by atoms with Crippen LogP contribution in [0.1, 0.15) is 44.5 Å². The molecule has 1 aromatic heterocycles. The van der Waals surface area contributed by atoms with E-state index in [9.17, 15) is 4.79 Å². The first-order valence-corrected chi connectivity index (χ1v) is 12.4. The van der Waals surface area contributed by atoms with Gasteiger partial charge in [0.2, 0.25) is 0 Å². The number of aryl methyl sites for hydroxylation is 1. The molecule has 0 unspecified atom stereocenters. The lowest BCUT2D eigenvalue weighted by Crippen LogP contribution is -2.66. The van der Waals surface area contributed by atoms with Crippen molar-refractivity contribution in [3.8, 4) is 0 Å². The molecule has 0 atom stereocenters. The number of anilines is 3. The van der Waals surface area contributed by atoms with Gasteiger partial charge in [-0.2, -0.15) is 0 Å². The minimum absolute atomic E-state index is 0.293. The van der Waals surface area contributed by atoms with E-state index in [1.807, 2.05) is 70.2 Å². The Kier molecular flexibility index (Phi) is 7.11. The van der Waals surface area contributed by atoms with Crippen LogP contribution in [-0.2, 0) is 17.8 Å². The van der Waals surface area contributed by atoms with Crippen LogP contribution in [0.5, 0.6) is 0 Å². The highest BCUT2D eigenvalue weighted by atomic mass is 16.6. The molecule has 0 aliphatic carbocycles. The zero-order valence-corrected chi connectivity index (χ0v) is 21.9. The van der Waals surface area contributed by atoms with Gasteiger partial charge in [0, 0.05) is 31.9 Å². The molecule has 1 saturated heterocycles. The number of nitrogens with two attached hydrogens (primary N) is 1. The smallest absolute Gasteiger partial charge is 0.410 e. The van der Waals surface area contributed by atoms with Crippen molar-refractivity contribution in [1.29, 1.82) is 0 Å². The highest BCUT2D eigenvalue weighted by Crippen LogP contribution is 2.35. The topological polar surface area (TPSA) is 83.7 Å². The van der Waals surface area contributed by atoms with Gasteiger partial charge in [-0.1, -0.05) is 60.7 Å². The van der Waals surface area contributed by atoms with Gasteiger partial charge in [-0.05, 0) is 51.8 Å². The highest BCUT2D eigenvalue weighted by Gasteiger charge is 2.43. The lowest BCUT2D eigenvalue weighted by molar-refractivity contribution is -0.00122. The molecule has 7 nitrogen and oxygen atoms in total. The molecule has 1 aliphatic heterocycles. The van der Waals surface area contributed by atoms with E-state index in [1.54, 1.807) is 4.90 Å². The van der Waals surface area contributed by atoms with Crippen molar-refractivity contribution in [2.24, 2.45) is 0 Å². The van der Waals surface area contributed by atoms with Gasteiger partial charge in [-0.15, -0.1) is 0 Å². The molecule has 190 valence electrons. The highest BCUT2D eigenvalue weighted by molar-refractivity contribution is 5.80. The lowest BCUT2D eigenvalue weighted by atomic mass is 9.92. The fourth-order valence-corrected chi connectivity index (χ4v) is 4.48. The molecule has 2 heterocycles. The van der Waals surface area contributed by atoms with Crippen molar-refractivity contribution in [3.05, 3.63) is 83.6 Å². The number of pyridine rings is 1. The molecule has 0 saturated carbocycles. The number of carbonyl (C=O) groups excluding carboxylic acids is 1. The second-order valence-corrected chi connectivity index (χ2v) is 10.9. The molecule has 0 radical (unpaired) electrons. The Morgan fingerprint density at radius 1 is 1.06 bits per heavy atom. The number of hydrogen-bond acceptors (Lipinski definition) is 6. The number of carbonyl (C=O) groups is 1. The normalized spacial score (nSPS) is 14.6. The second-order valence-electron chi connectivity index (χ2n) is 10.9. The van der Waals surface area contributed by atoms with Crippen LogP contribution >= 0.6 is 0 Å². The summed E-state index contributed by atoms with van der Waals surface area (Å²) in [6.45, 7) is 12.1. The molecule has 3 N–H and O–H groups in total. The zero-order chi connectivity index (χ0) is 25.9. The number of nitrogen functional groups attached to an aromatic ring is 1. The molecular weight excluding hydrogens is 450 g/mol. The standard InChI is InChI=1S/C29H37N5O2/c1-21-16-24(32-29(5)19-34(20-29)27(35)36-28(2,3)4)25(30)26(31-21)33(17-22-12-8-6-9-13-22)18-23-14-10-7-11-15-23/h6-16H,17-20,30H2,1-5H3,(H,31,32). The fraction of sp³-hybridized carbons (Fsp3) is 0.379. The number of aromatic nitrogens is 1. The number of ether oxygens (including phenoxy) is 1. The number of benzene rings is 2. The van der Waals surface area contributed by atoms with Gasteiger partial charge >= 0.3 is 6.09 Å². The van der Waals surface area contributed by atoms with E-state index >= 15 is 0 Å². The van der Waals surface area contributed by atoms with E-state index in [-0.39, 0.29) is 11.6 Å². The summed E-state index contributed by atoms with van der Waals surface area (Å²) in [6.07, 6.45) is -0.293. The number of likely N-dealkylation sites (tertiary alicyclic amines) is 1. The third-order valence-corrected chi connectivity index (χ3v) is 6.07. The summed E-state index contributed by atoms with van der Waals surface area (Å²) in [5, 5.41) is 3.59. The molecule has 36 heavy (non-hydrogen) atoms. The van der Waals surface area contributed by atoms with E-state index in [0.717, 1.165) is 17.2 Å². The first-order chi connectivity index (χ1) is 17.0. The maximum atomic E-state index is 12.4. The third-order valence-electron chi connectivity index (χ3n) is 6.07. The molecule has 1 aliphatic rings. The molecular formula is C29H37N5O2. The van der Waals surface area contributed by atoms with Crippen LogP contribution in [0.2, 0.25) is 0 Å². The lowest BCUT2D eigenvalue weighted by Gasteiger charge is -2.48. The molecule has 3 aromatic rings. The van der Waals surface area contributed by atoms with Crippen molar-refractivity contribution in [2.45, 2.75) is 58.8 Å². The van der Waals surface area contributed by atoms with Gasteiger partial charge in [-0.3, -0.25) is 0 Å². The average Bonchev–Trinajstić information content (AvgIpc) is 2.79. The predicted molar refractivity (Wildman–Crippen MR) is 146 cm³/mol. The summed E-state index contributed by atoms with van der Waals surface area (Å²) in [7, 11) is 0. The van der Waals surface area contributed by atoms with Gasteiger partial charge < -0.3 is 25.6 Å². The van der Waals surface area contributed by atoms with Gasteiger partial charge in [-0.25, -0.2) is 9.78 Å². The number of hydrogen-bond donors (Lipinski definition) is 2. The monoisotopic (exact) mass is 487 g/mol. The van der Waals surface area contributed by atoms with Crippen LogP contribution in [0.3, 0.4) is 0 Å². The third kappa shape index (κ3) is 6.27. The molecule has 4 rings (SSSR count). The van der Waals surface area contributed by atoms with Gasteiger partial charge in [0.05, 0.1) is 16.9 Å². The van der Waals surface area contributed by atoms with Crippen molar-refractivity contribution in [3.63, 3.8) is 0 Å². The van der Waals surface area contributed by atoms with Crippen LogP contribution in [0.15, 0.2) is 66.7 Å². The average molecular weight is 488 g/mol. The minimum atomic E-state index is -0.515. The summed E-state index contributed by atoms with van der Waals surface area (Å²) < 4.78 is 5.51. The summed E-state index contributed by atoms with van der Waals surface area (Å²) in [5.41, 5.74) is 10.6. The molecule has 1 fully saturated rings. The summed E-state index contributed by atoms with van der Waals surface area (Å²) in [6, 6.07) is 22.7. The van der Waals surface area contributed by atoms with Crippen molar-refractivity contribution in [2.75, 3.05) is 29.0 Å². The maximum absolute atomic E-state index is 12.4. The molecule has 1 amide bonds. The van der Waals surface area contributed by atoms with Crippen molar-refractivity contribution in [1.82, 2.24) is 9.88 Å². The summed E-state index contributed by atoms with van der Waals surface area (Å²) >= 11 is 0. The predicted octanol–water partition coefficient (Wildman–Crippen LogP) is 5.60. The minimum Gasteiger partial charge on any atom is -0.444 e. The van der Waals surface area contributed by atoms with Gasteiger partial charge in [0.15, 0.2) is 5.82 Å². The van der Waals surface area contributed by atoms with Crippen LogP contribution < -0.4 is 16.0 Å². The second kappa shape index (κ2) is 10.1. The first kappa shape index (κ1) is 25.4. The first-order valence-electron chi connectivity index (χ1n) is 12.4. The Morgan fingerprint density at radius 2 is 1.58 bits per heavy atom. The maximum Gasteiger partial charge on any atom is 0.410 e. The van der Waals surface area contributed by atoms with E-state index in [2.05, 4.69) is 41.4 Å². The molecule has 0 spiro atoms. The van der Waals surface area contributed by atoms with Crippen LogP contribution in [0.4, 0.5) is 22.0 Å². The summed E-state index contributed by atoms with van der Waals surface area (Å²) in [4.78, 5) is 21.2. The Bertz CT molecular complexity index is 1140. The van der Waals surface area contributed by atoms with Crippen LogP contribution in [0.25, 0.3) is 0 Å². The Morgan fingerprint density at radius 3 is 2.08 bits per heavy atom. The van der Waals surface area contributed by atoms with E-state index in [4.69, 9.17) is 15.5 Å². The molecule has 2 aromatic carbocycles. The van der Waals surface area contributed by atoms with E-state index < -0.39 is 5.60 Å². The van der Waals surface area contributed by atoms with E-state index in [0.29, 0.717) is 31.9 Å². The van der Waals surface area contributed by atoms with Gasteiger partial charge in [0.1, 0.15) is 5.60 Å². The van der Waals surface area contributed by atoms with Crippen molar-refractivity contribution < 1.29 is 9.53 Å². The fourth-order valence-electron chi connectivity index (χ4n) is 4.48. The zero-order valence-electron chi connectivity index (χ0n) is 21.9.